The first kappa shape index (κ1) is 22.2. The molecule has 4 aromatic carbocycles. The Morgan fingerprint density at radius 3 is 2.09 bits per heavy atom. The van der Waals surface area contributed by atoms with Crippen LogP contribution in [0.5, 0.6) is 0 Å². The van der Waals surface area contributed by atoms with Crippen LogP contribution >= 0.6 is 0 Å². The second kappa shape index (κ2) is 8.61. The molecule has 1 amide bonds. The Balaban J connectivity index is 1.57. The van der Waals surface area contributed by atoms with Gasteiger partial charge >= 0.3 is 0 Å². The van der Waals surface area contributed by atoms with Gasteiger partial charge in [-0.2, -0.15) is 0 Å². The predicted molar refractivity (Wildman–Crippen MR) is 140 cm³/mol. The number of carbonyl (C=O) groups excluding carboxylic acids is 1. The van der Waals surface area contributed by atoms with Crippen LogP contribution in [0.1, 0.15) is 77.8 Å². The molecule has 0 unspecified atom stereocenters. The number of fused-ring (bicyclic) bond motifs is 3. The zero-order chi connectivity index (χ0) is 23.9. The normalized spacial score (nSPS) is 15.4. The Morgan fingerprint density at radius 1 is 0.735 bits per heavy atom. The van der Waals surface area contributed by atoms with Gasteiger partial charge in [-0.05, 0) is 63.4 Å². The fourth-order valence-electron chi connectivity index (χ4n) is 5.22. The summed E-state index contributed by atoms with van der Waals surface area (Å²) in [5.41, 5.74) is 9.48. The van der Waals surface area contributed by atoms with Gasteiger partial charge in [-0.1, -0.05) is 106 Å². The highest BCUT2D eigenvalue weighted by Gasteiger charge is 2.33. The van der Waals surface area contributed by atoms with Gasteiger partial charge in [-0.15, -0.1) is 0 Å². The van der Waals surface area contributed by atoms with E-state index in [1.165, 1.54) is 33.4 Å². The minimum absolute atomic E-state index is 0.0222. The lowest BCUT2D eigenvalue weighted by Crippen LogP contribution is -2.26. The van der Waals surface area contributed by atoms with E-state index in [9.17, 15) is 4.79 Å². The summed E-state index contributed by atoms with van der Waals surface area (Å²) >= 11 is 0. The first-order chi connectivity index (χ1) is 16.3. The van der Waals surface area contributed by atoms with Crippen molar-refractivity contribution in [1.29, 1.82) is 0 Å². The molecule has 0 aromatic heterocycles. The third-order valence-corrected chi connectivity index (χ3v) is 6.91. The van der Waals surface area contributed by atoms with Crippen LogP contribution in [0.3, 0.4) is 0 Å². The highest BCUT2D eigenvalue weighted by Crippen LogP contribution is 2.50. The molecule has 1 aliphatic rings. The molecule has 4 aromatic rings. The largest absolute Gasteiger partial charge is 0.346 e. The topological polar surface area (TPSA) is 29.1 Å². The average Bonchev–Trinajstić information content (AvgIpc) is 3.17. The van der Waals surface area contributed by atoms with E-state index < -0.39 is 0 Å². The summed E-state index contributed by atoms with van der Waals surface area (Å²) in [5, 5.41) is 3.18. The second-order valence-electron chi connectivity index (χ2n) is 10.3. The zero-order valence-corrected chi connectivity index (χ0v) is 20.3. The van der Waals surface area contributed by atoms with Gasteiger partial charge in [-0.3, -0.25) is 4.79 Å². The average molecular weight is 446 g/mol. The van der Waals surface area contributed by atoms with Crippen molar-refractivity contribution in [2.75, 3.05) is 0 Å². The molecule has 170 valence electrons. The molecule has 0 spiro atoms. The number of hydrogen-bond donors (Lipinski definition) is 1. The summed E-state index contributed by atoms with van der Waals surface area (Å²) in [5.74, 6) is 0.0684. The van der Waals surface area contributed by atoms with Gasteiger partial charge in [0.25, 0.3) is 5.91 Å². The molecule has 0 heterocycles. The number of hydrogen-bond acceptors (Lipinski definition) is 1. The molecule has 34 heavy (non-hydrogen) atoms. The number of amides is 1. The zero-order valence-electron chi connectivity index (χ0n) is 20.3. The molecule has 0 fully saturated rings. The van der Waals surface area contributed by atoms with Crippen LogP contribution in [0.15, 0.2) is 97.1 Å². The molecule has 1 aliphatic carbocycles. The van der Waals surface area contributed by atoms with Crippen LogP contribution in [0.4, 0.5) is 0 Å². The van der Waals surface area contributed by atoms with E-state index in [4.69, 9.17) is 0 Å². The standard InChI is InChI=1S/C32H31NO/c1-21(22-12-6-5-7-13-22)33-31(34)23-18-19-25-24-14-8-9-15-26(24)30(28(25)20-23)27-16-10-11-17-29(27)32(2,3)4/h5-21,30H,1-4H3,(H,33,34)/t21-,30-/m0/s1. The van der Waals surface area contributed by atoms with Gasteiger partial charge in [0.05, 0.1) is 6.04 Å². The number of benzene rings is 4. The lowest BCUT2D eigenvalue weighted by molar-refractivity contribution is 0.0940. The summed E-state index contributed by atoms with van der Waals surface area (Å²) in [6.45, 7) is 8.83. The summed E-state index contributed by atoms with van der Waals surface area (Å²) in [4.78, 5) is 13.3. The highest BCUT2D eigenvalue weighted by atomic mass is 16.1. The molecule has 2 atom stereocenters. The van der Waals surface area contributed by atoms with E-state index in [1.807, 2.05) is 43.3 Å². The van der Waals surface area contributed by atoms with E-state index in [1.54, 1.807) is 0 Å². The van der Waals surface area contributed by atoms with Gasteiger partial charge in [0, 0.05) is 11.5 Å². The maximum absolute atomic E-state index is 13.3. The Morgan fingerprint density at radius 2 is 1.35 bits per heavy atom. The van der Waals surface area contributed by atoms with Crippen molar-refractivity contribution in [2.24, 2.45) is 0 Å². The van der Waals surface area contributed by atoms with Gasteiger partial charge in [0.1, 0.15) is 0 Å². The molecule has 0 radical (unpaired) electrons. The van der Waals surface area contributed by atoms with Gasteiger partial charge in [-0.25, -0.2) is 0 Å². The third kappa shape index (κ3) is 3.94. The molecule has 0 bridgehead atoms. The minimum atomic E-state index is -0.0587. The van der Waals surface area contributed by atoms with Crippen molar-refractivity contribution in [3.8, 4) is 11.1 Å². The third-order valence-electron chi connectivity index (χ3n) is 6.91. The lowest BCUT2D eigenvalue weighted by Gasteiger charge is -2.27. The molecule has 0 saturated heterocycles. The SMILES string of the molecule is C[C@H](NC(=O)c1ccc2c(c1)[C@H](c1ccccc1C(C)(C)C)c1ccccc1-2)c1ccccc1. The maximum Gasteiger partial charge on any atom is 0.251 e. The maximum atomic E-state index is 13.3. The Hall–Kier alpha value is -3.65. The lowest BCUT2D eigenvalue weighted by atomic mass is 9.77. The van der Waals surface area contributed by atoms with Gasteiger partial charge in [0.2, 0.25) is 0 Å². The number of nitrogens with one attached hydrogen (secondary N) is 1. The molecule has 0 saturated carbocycles. The summed E-state index contributed by atoms with van der Waals surface area (Å²) in [6, 6.07) is 33.6. The Labute approximate surface area is 202 Å². The molecule has 2 heteroatoms. The predicted octanol–water partition coefficient (Wildman–Crippen LogP) is 7.64. The van der Waals surface area contributed by atoms with Crippen LogP contribution < -0.4 is 5.32 Å². The Kier molecular flexibility index (Phi) is 5.61. The molecule has 5 rings (SSSR count). The van der Waals surface area contributed by atoms with E-state index in [0.717, 1.165) is 5.56 Å². The van der Waals surface area contributed by atoms with Crippen LogP contribution in [0, 0.1) is 0 Å². The Bertz CT molecular complexity index is 1350. The van der Waals surface area contributed by atoms with E-state index in [-0.39, 0.29) is 23.3 Å². The van der Waals surface area contributed by atoms with Crippen LogP contribution in [0.25, 0.3) is 11.1 Å². The van der Waals surface area contributed by atoms with Crippen LogP contribution in [-0.4, -0.2) is 5.91 Å². The first-order valence-electron chi connectivity index (χ1n) is 12.0. The summed E-state index contributed by atoms with van der Waals surface area (Å²) in [6.07, 6.45) is 0. The number of carbonyl (C=O) groups is 1. The molecular weight excluding hydrogens is 414 g/mol. The second-order valence-corrected chi connectivity index (χ2v) is 10.3. The molecular formula is C32H31NO. The van der Waals surface area contributed by atoms with E-state index in [2.05, 4.69) is 86.8 Å². The van der Waals surface area contributed by atoms with Crippen molar-refractivity contribution >= 4 is 5.91 Å². The highest BCUT2D eigenvalue weighted by molar-refractivity contribution is 5.96. The number of rotatable bonds is 4. The smallest absolute Gasteiger partial charge is 0.251 e. The molecule has 1 N–H and O–H groups in total. The van der Waals surface area contributed by atoms with E-state index in [0.29, 0.717) is 5.56 Å². The van der Waals surface area contributed by atoms with Crippen molar-refractivity contribution < 1.29 is 4.79 Å². The van der Waals surface area contributed by atoms with Gasteiger partial charge < -0.3 is 5.32 Å². The fourth-order valence-corrected chi connectivity index (χ4v) is 5.22. The van der Waals surface area contributed by atoms with Crippen molar-refractivity contribution in [3.63, 3.8) is 0 Å². The molecule has 2 nitrogen and oxygen atoms in total. The van der Waals surface area contributed by atoms with Crippen LogP contribution in [0.2, 0.25) is 0 Å². The van der Waals surface area contributed by atoms with E-state index >= 15 is 0 Å². The van der Waals surface area contributed by atoms with Gasteiger partial charge in [0.15, 0.2) is 0 Å². The summed E-state index contributed by atoms with van der Waals surface area (Å²) in [7, 11) is 0. The first-order valence-corrected chi connectivity index (χ1v) is 12.0. The van der Waals surface area contributed by atoms with Crippen molar-refractivity contribution in [1.82, 2.24) is 5.32 Å². The molecule has 0 aliphatic heterocycles. The monoisotopic (exact) mass is 445 g/mol. The van der Waals surface area contributed by atoms with Crippen molar-refractivity contribution in [3.05, 3.63) is 130 Å². The van der Waals surface area contributed by atoms with Crippen molar-refractivity contribution in [2.45, 2.75) is 45.1 Å². The van der Waals surface area contributed by atoms with Crippen LogP contribution in [-0.2, 0) is 5.41 Å². The minimum Gasteiger partial charge on any atom is -0.346 e. The fraction of sp³-hybridized carbons (Fsp3) is 0.219. The summed E-state index contributed by atoms with van der Waals surface area (Å²) < 4.78 is 0. The quantitative estimate of drug-likeness (QED) is 0.303.